The van der Waals surface area contributed by atoms with Crippen LogP contribution in [0.4, 0.5) is 0 Å². The molecule has 3 rings (SSSR count). The summed E-state index contributed by atoms with van der Waals surface area (Å²) in [5.41, 5.74) is 3.39. The highest BCUT2D eigenvalue weighted by Gasteiger charge is 2.31. The van der Waals surface area contributed by atoms with Crippen molar-refractivity contribution in [2.24, 2.45) is 0 Å². The van der Waals surface area contributed by atoms with Gasteiger partial charge >= 0.3 is 0 Å². The fraction of sp³-hybridized carbons (Fsp3) is 0.269. The van der Waals surface area contributed by atoms with E-state index in [0.717, 1.165) is 16.7 Å². The summed E-state index contributed by atoms with van der Waals surface area (Å²) in [5, 5.41) is 13.8. The highest BCUT2D eigenvalue weighted by molar-refractivity contribution is 5.81. The van der Waals surface area contributed by atoms with Crippen LogP contribution >= 0.6 is 0 Å². The summed E-state index contributed by atoms with van der Waals surface area (Å²) < 4.78 is 0. The van der Waals surface area contributed by atoms with Gasteiger partial charge in [-0.1, -0.05) is 91.0 Å². The van der Waals surface area contributed by atoms with Gasteiger partial charge in [0.1, 0.15) is 6.10 Å². The number of carbonyl (C=O) groups excluding carboxylic acids is 1. The van der Waals surface area contributed by atoms with Crippen LogP contribution in [0.5, 0.6) is 0 Å². The van der Waals surface area contributed by atoms with E-state index in [-0.39, 0.29) is 11.9 Å². The lowest BCUT2D eigenvalue weighted by molar-refractivity contribution is -0.133. The van der Waals surface area contributed by atoms with Crippen molar-refractivity contribution < 1.29 is 9.90 Å². The molecule has 0 spiro atoms. The number of rotatable bonds is 10. The van der Waals surface area contributed by atoms with Gasteiger partial charge < -0.3 is 10.4 Å². The maximum Gasteiger partial charge on any atom is 0.250 e. The summed E-state index contributed by atoms with van der Waals surface area (Å²) in [7, 11) is 0. The number of carbonyl (C=O) groups is 1. The van der Waals surface area contributed by atoms with Gasteiger partial charge in [-0.25, -0.2) is 0 Å². The molecule has 0 saturated heterocycles. The van der Waals surface area contributed by atoms with Crippen LogP contribution in [-0.4, -0.2) is 34.6 Å². The number of nitrogens with zero attached hydrogens (tertiary/aromatic N) is 1. The van der Waals surface area contributed by atoms with E-state index in [2.05, 4.69) is 34.5 Å². The van der Waals surface area contributed by atoms with Gasteiger partial charge in [0, 0.05) is 25.7 Å². The molecule has 156 valence electrons. The summed E-state index contributed by atoms with van der Waals surface area (Å²) in [6.07, 6.45) is -0.545. The molecule has 0 aliphatic heterocycles. The molecular formula is C26H30N2O2. The number of likely N-dealkylation sites (N-methyl/N-ethyl adjacent to an activating group) is 1. The van der Waals surface area contributed by atoms with Gasteiger partial charge in [0.05, 0.1) is 0 Å². The molecule has 0 heterocycles. The molecule has 0 saturated carbocycles. The van der Waals surface area contributed by atoms with Crippen molar-refractivity contribution in [1.82, 2.24) is 10.2 Å². The molecule has 3 aromatic rings. The molecular weight excluding hydrogens is 372 g/mol. The summed E-state index contributed by atoms with van der Waals surface area (Å²) in [5.74, 6) is -0.329. The Hall–Kier alpha value is -2.95. The molecule has 0 fully saturated rings. The Morgan fingerprint density at radius 1 is 0.800 bits per heavy atom. The SMILES string of the molecule is CCNC(=O)[C@H](O)[C@H](Cc1ccccc1)N(Cc1ccccc1)Cc1ccccc1. The topological polar surface area (TPSA) is 52.6 Å². The molecule has 4 heteroatoms. The molecule has 0 aromatic heterocycles. The number of aliphatic hydroxyl groups excluding tert-OH is 1. The van der Waals surface area contributed by atoms with E-state index in [4.69, 9.17) is 0 Å². The first-order valence-electron chi connectivity index (χ1n) is 10.5. The number of hydrogen-bond acceptors (Lipinski definition) is 3. The normalized spacial score (nSPS) is 13.0. The third-order valence-electron chi connectivity index (χ3n) is 5.20. The predicted molar refractivity (Wildman–Crippen MR) is 121 cm³/mol. The smallest absolute Gasteiger partial charge is 0.250 e. The van der Waals surface area contributed by atoms with Crippen molar-refractivity contribution in [3.05, 3.63) is 108 Å². The maximum atomic E-state index is 12.6. The van der Waals surface area contributed by atoms with Gasteiger partial charge in [0.25, 0.3) is 0 Å². The Balaban J connectivity index is 1.93. The van der Waals surface area contributed by atoms with Gasteiger partial charge in [-0.2, -0.15) is 0 Å². The van der Waals surface area contributed by atoms with Crippen molar-refractivity contribution >= 4 is 5.91 Å². The van der Waals surface area contributed by atoms with Crippen LogP contribution < -0.4 is 5.32 Å². The molecule has 1 amide bonds. The number of nitrogens with one attached hydrogen (secondary N) is 1. The van der Waals surface area contributed by atoms with E-state index >= 15 is 0 Å². The second kappa shape index (κ2) is 11.3. The summed E-state index contributed by atoms with van der Waals surface area (Å²) >= 11 is 0. The van der Waals surface area contributed by atoms with Crippen LogP contribution in [0.15, 0.2) is 91.0 Å². The Morgan fingerprint density at radius 2 is 1.23 bits per heavy atom. The highest BCUT2D eigenvalue weighted by Crippen LogP contribution is 2.20. The molecule has 0 unspecified atom stereocenters. The fourth-order valence-corrected chi connectivity index (χ4v) is 3.68. The van der Waals surface area contributed by atoms with Gasteiger partial charge in [0.15, 0.2) is 0 Å². The highest BCUT2D eigenvalue weighted by atomic mass is 16.3. The predicted octanol–water partition coefficient (Wildman–Crippen LogP) is 3.80. The van der Waals surface area contributed by atoms with Crippen molar-refractivity contribution in [3.63, 3.8) is 0 Å². The van der Waals surface area contributed by atoms with E-state index in [1.165, 1.54) is 0 Å². The maximum absolute atomic E-state index is 12.6. The van der Waals surface area contributed by atoms with E-state index in [1.54, 1.807) is 0 Å². The Morgan fingerprint density at radius 3 is 1.67 bits per heavy atom. The first kappa shape index (κ1) is 21.8. The van der Waals surface area contributed by atoms with Gasteiger partial charge in [-0.3, -0.25) is 9.69 Å². The molecule has 2 N–H and O–H groups in total. The minimum absolute atomic E-state index is 0.329. The lowest BCUT2D eigenvalue weighted by atomic mass is 9.97. The largest absolute Gasteiger partial charge is 0.382 e. The van der Waals surface area contributed by atoms with Gasteiger partial charge in [-0.15, -0.1) is 0 Å². The zero-order valence-corrected chi connectivity index (χ0v) is 17.4. The van der Waals surface area contributed by atoms with Crippen molar-refractivity contribution in [1.29, 1.82) is 0 Å². The summed E-state index contributed by atoms with van der Waals surface area (Å²) in [6, 6.07) is 30.1. The average molecular weight is 403 g/mol. The molecule has 0 aliphatic carbocycles. The van der Waals surface area contributed by atoms with E-state index < -0.39 is 6.10 Å². The summed E-state index contributed by atoms with van der Waals surface area (Å²) in [4.78, 5) is 14.8. The zero-order chi connectivity index (χ0) is 21.2. The van der Waals surface area contributed by atoms with Crippen LogP contribution in [0, 0.1) is 0 Å². The summed E-state index contributed by atoms with van der Waals surface area (Å²) in [6.45, 7) is 3.64. The lowest BCUT2D eigenvalue weighted by Gasteiger charge is -2.35. The number of aliphatic hydroxyl groups is 1. The first-order valence-corrected chi connectivity index (χ1v) is 10.5. The molecule has 4 nitrogen and oxygen atoms in total. The van der Waals surface area contributed by atoms with Crippen LogP contribution in [0.2, 0.25) is 0 Å². The molecule has 0 bridgehead atoms. The van der Waals surface area contributed by atoms with E-state index in [9.17, 15) is 9.90 Å². The van der Waals surface area contributed by atoms with E-state index in [0.29, 0.717) is 26.1 Å². The third-order valence-corrected chi connectivity index (χ3v) is 5.20. The van der Waals surface area contributed by atoms with Crippen molar-refractivity contribution in [2.75, 3.05) is 6.54 Å². The minimum Gasteiger partial charge on any atom is -0.382 e. The van der Waals surface area contributed by atoms with Crippen molar-refractivity contribution in [3.8, 4) is 0 Å². The van der Waals surface area contributed by atoms with E-state index in [1.807, 2.05) is 73.7 Å². The quantitative estimate of drug-likeness (QED) is 0.542. The zero-order valence-electron chi connectivity index (χ0n) is 17.4. The standard InChI is InChI=1S/C26H30N2O2/c1-2-27-26(30)25(29)24(18-21-12-6-3-7-13-21)28(19-22-14-8-4-9-15-22)20-23-16-10-5-11-17-23/h3-17,24-25,29H,2,18-20H2,1H3,(H,27,30)/t24-,25+/m0/s1. The van der Waals surface area contributed by atoms with Crippen molar-refractivity contribution in [2.45, 2.75) is 38.6 Å². The molecule has 0 aliphatic rings. The molecule has 0 radical (unpaired) electrons. The Bertz CT molecular complexity index is 843. The number of amides is 1. The second-order valence-corrected chi connectivity index (χ2v) is 7.47. The van der Waals surface area contributed by atoms with Crippen LogP contribution in [0.1, 0.15) is 23.6 Å². The van der Waals surface area contributed by atoms with Gasteiger partial charge in [0.2, 0.25) is 5.91 Å². The van der Waals surface area contributed by atoms with Crippen LogP contribution in [0.3, 0.4) is 0 Å². The second-order valence-electron chi connectivity index (χ2n) is 7.47. The van der Waals surface area contributed by atoms with Crippen LogP contribution in [0.25, 0.3) is 0 Å². The number of hydrogen-bond donors (Lipinski definition) is 2. The molecule has 2 atom stereocenters. The minimum atomic E-state index is -1.13. The molecule has 3 aromatic carbocycles. The monoisotopic (exact) mass is 402 g/mol. The Kier molecular flexibility index (Phi) is 8.19. The lowest BCUT2D eigenvalue weighted by Crippen LogP contribution is -2.51. The first-order chi connectivity index (χ1) is 14.7. The van der Waals surface area contributed by atoms with Gasteiger partial charge in [-0.05, 0) is 30.0 Å². The fourth-order valence-electron chi connectivity index (χ4n) is 3.68. The number of benzene rings is 3. The van der Waals surface area contributed by atoms with Crippen LogP contribution in [-0.2, 0) is 24.3 Å². The molecule has 30 heavy (non-hydrogen) atoms. The Labute approximate surface area is 179 Å². The average Bonchev–Trinajstić information content (AvgIpc) is 2.79. The third kappa shape index (κ3) is 6.28.